The summed E-state index contributed by atoms with van der Waals surface area (Å²) in [5, 5.41) is 6.54. The van der Waals surface area contributed by atoms with Gasteiger partial charge in [-0.3, -0.25) is 4.79 Å². The second kappa shape index (κ2) is 9.46. The highest BCUT2D eigenvalue weighted by Crippen LogP contribution is 2.29. The number of amides is 1. The summed E-state index contributed by atoms with van der Waals surface area (Å²) in [4.78, 5) is 17.0. The summed E-state index contributed by atoms with van der Waals surface area (Å²) in [5.74, 6) is 1.30. The first-order valence-corrected chi connectivity index (χ1v) is 8.30. The monoisotopic (exact) mass is 356 g/mol. The molecule has 6 heteroatoms. The molecular formula is C20H24N2O4. The van der Waals surface area contributed by atoms with Crippen LogP contribution in [0, 0.1) is 0 Å². The Morgan fingerprint density at radius 2 is 1.77 bits per heavy atom. The van der Waals surface area contributed by atoms with Gasteiger partial charge in [-0.15, -0.1) is 0 Å². The Morgan fingerprint density at radius 1 is 1.08 bits per heavy atom. The fraction of sp³-hybridized carbons (Fsp3) is 0.300. The van der Waals surface area contributed by atoms with Gasteiger partial charge in [0.05, 0.1) is 20.4 Å². The normalized spacial score (nSPS) is 10.8. The number of hydrogen-bond donors (Lipinski definition) is 1. The van der Waals surface area contributed by atoms with Gasteiger partial charge in [-0.05, 0) is 29.2 Å². The summed E-state index contributed by atoms with van der Waals surface area (Å²) in [6.45, 7) is 4.10. The van der Waals surface area contributed by atoms with Crippen molar-refractivity contribution in [1.29, 1.82) is 0 Å². The average molecular weight is 356 g/mol. The second-order valence-corrected chi connectivity index (χ2v) is 5.95. The Bertz CT molecular complexity index is 755. The molecule has 0 bridgehead atoms. The molecule has 0 spiro atoms. The van der Waals surface area contributed by atoms with Crippen molar-refractivity contribution in [3.05, 3.63) is 53.6 Å². The predicted molar refractivity (Wildman–Crippen MR) is 102 cm³/mol. The Labute approximate surface area is 153 Å². The maximum Gasteiger partial charge on any atom is 0.265 e. The van der Waals surface area contributed by atoms with Gasteiger partial charge in [-0.1, -0.05) is 43.3 Å². The number of benzene rings is 2. The van der Waals surface area contributed by atoms with Crippen LogP contribution in [-0.2, 0) is 9.63 Å². The van der Waals surface area contributed by atoms with Crippen molar-refractivity contribution < 1.29 is 19.1 Å². The van der Waals surface area contributed by atoms with Crippen LogP contribution in [0.15, 0.2) is 47.6 Å². The van der Waals surface area contributed by atoms with Crippen LogP contribution in [0.25, 0.3) is 0 Å². The molecule has 0 unspecified atom stereocenters. The standard InChI is InChI=1S/C20H24N2O4/c1-14(2)16-7-5-15(6-8-16)12-21-26-13-20(23)22-17-9-10-18(24-3)19(11-17)25-4/h5-12,14H,13H2,1-4H3,(H,22,23)/b21-12-. The highest BCUT2D eigenvalue weighted by Gasteiger charge is 2.07. The smallest absolute Gasteiger partial charge is 0.265 e. The molecule has 2 rings (SSSR count). The van der Waals surface area contributed by atoms with Crippen LogP contribution in [0.2, 0.25) is 0 Å². The van der Waals surface area contributed by atoms with Crippen LogP contribution in [0.3, 0.4) is 0 Å². The molecule has 138 valence electrons. The molecule has 0 atom stereocenters. The molecule has 0 aliphatic heterocycles. The lowest BCUT2D eigenvalue weighted by molar-refractivity contribution is -0.120. The summed E-state index contributed by atoms with van der Waals surface area (Å²) in [6.07, 6.45) is 1.58. The highest BCUT2D eigenvalue weighted by atomic mass is 16.6. The van der Waals surface area contributed by atoms with Crippen LogP contribution in [0.1, 0.15) is 30.9 Å². The van der Waals surface area contributed by atoms with E-state index in [1.54, 1.807) is 31.5 Å². The lowest BCUT2D eigenvalue weighted by Gasteiger charge is -2.10. The lowest BCUT2D eigenvalue weighted by Crippen LogP contribution is -2.17. The van der Waals surface area contributed by atoms with Crippen molar-refractivity contribution in [2.75, 3.05) is 26.1 Å². The minimum Gasteiger partial charge on any atom is -0.493 e. The molecule has 1 amide bonds. The molecule has 2 aromatic rings. The van der Waals surface area contributed by atoms with E-state index in [9.17, 15) is 4.79 Å². The number of hydrogen-bond acceptors (Lipinski definition) is 5. The zero-order valence-electron chi connectivity index (χ0n) is 15.5. The summed E-state index contributed by atoms with van der Waals surface area (Å²) in [5.41, 5.74) is 2.76. The molecule has 2 aromatic carbocycles. The third kappa shape index (κ3) is 5.51. The van der Waals surface area contributed by atoms with Gasteiger partial charge in [0.15, 0.2) is 18.1 Å². The van der Waals surface area contributed by atoms with Crippen LogP contribution < -0.4 is 14.8 Å². The molecule has 0 aliphatic carbocycles. The minimum atomic E-state index is -0.315. The number of carbonyl (C=O) groups excluding carboxylic acids is 1. The molecule has 0 aromatic heterocycles. The number of rotatable bonds is 8. The van der Waals surface area contributed by atoms with E-state index in [1.165, 1.54) is 12.7 Å². The quantitative estimate of drug-likeness (QED) is 0.577. The van der Waals surface area contributed by atoms with Gasteiger partial charge in [0.2, 0.25) is 0 Å². The van der Waals surface area contributed by atoms with Crippen molar-refractivity contribution in [2.24, 2.45) is 5.16 Å². The zero-order valence-corrected chi connectivity index (χ0v) is 15.5. The van der Waals surface area contributed by atoms with Crippen LogP contribution in [0.4, 0.5) is 5.69 Å². The number of oxime groups is 1. The van der Waals surface area contributed by atoms with Crippen LogP contribution >= 0.6 is 0 Å². The number of anilines is 1. The third-order valence-electron chi connectivity index (χ3n) is 3.74. The van der Waals surface area contributed by atoms with Gasteiger partial charge in [0.1, 0.15) is 0 Å². The van der Waals surface area contributed by atoms with Gasteiger partial charge in [-0.2, -0.15) is 0 Å². The van der Waals surface area contributed by atoms with E-state index in [2.05, 4.69) is 36.5 Å². The summed E-state index contributed by atoms with van der Waals surface area (Å²) >= 11 is 0. The van der Waals surface area contributed by atoms with Gasteiger partial charge >= 0.3 is 0 Å². The minimum absolute atomic E-state index is 0.186. The van der Waals surface area contributed by atoms with Crippen molar-refractivity contribution in [3.8, 4) is 11.5 Å². The largest absolute Gasteiger partial charge is 0.493 e. The molecule has 0 saturated heterocycles. The Morgan fingerprint density at radius 3 is 2.38 bits per heavy atom. The molecule has 6 nitrogen and oxygen atoms in total. The van der Waals surface area contributed by atoms with Crippen LogP contribution in [0.5, 0.6) is 11.5 Å². The van der Waals surface area contributed by atoms with Crippen molar-refractivity contribution in [3.63, 3.8) is 0 Å². The maximum atomic E-state index is 11.9. The highest BCUT2D eigenvalue weighted by molar-refractivity contribution is 5.92. The Balaban J connectivity index is 1.83. The number of nitrogens with zero attached hydrogens (tertiary/aromatic N) is 1. The molecule has 0 saturated carbocycles. The number of carbonyl (C=O) groups is 1. The molecule has 0 fully saturated rings. The van der Waals surface area contributed by atoms with E-state index in [-0.39, 0.29) is 12.5 Å². The van der Waals surface area contributed by atoms with Gasteiger partial charge in [-0.25, -0.2) is 0 Å². The zero-order chi connectivity index (χ0) is 18.9. The SMILES string of the molecule is COc1ccc(NC(=O)CO/N=C\c2ccc(C(C)C)cc2)cc1OC. The third-order valence-corrected chi connectivity index (χ3v) is 3.74. The molecule has 26 heavy (non-hydrogen) atoms. The maximum absolute atomic E-state index is 11.9. The fourth-order valence-corrected chi connectivity index (χ4v) is 2.27. The molecular weight excluding hydrogens is 332 g/mol. The topological polar surface area (TPSA) is 69.2 Å². The van der Waals surface area contributed by atoms with E-state index in [0.29, 0.717) is 23.1 Å². The predicted octanol–water partition coefficient (Wildman–Crippen LogP) is 3.82. The number of nitrogens with one attached hydrogen (secondary N) is 1. The van der Waals surface area contributed by atoms with E-state index in [1.807, 2.05) is 12.1 Å². The van der Waals surface area contributed by atoms with E-state index in [4.69, 9.17) is 14.3 Å². The Hall–Kier alpha value is -3.02. The number of ether oxygens (including phenoxy) is 2. The van der Waals surface area contributed by atoms with Crippen molar-refractivity contribution in [2.45, 2.75) is 19.8 Å². The van der Waals surface area contributed by atoms with E-state index in [0.717, 1.165) is 5.56 Å². The lowest BCUT2D eigenvalue weighted by atomic mass is 10.0. The second-order valence-electron chi connectivity index (χ2n) is 5.95. The van der Waals surface area contributed by atoms with Gasteiger partial charge < -0.3 is 19.6 Å². The first-order chi connectivity index (χ1) is 12.5. The van der Waals surface area contributed by atoms with E-state index >= 15 is 0 Å². The summed E-state index contributed by atoms with van der Waals surface area (Å²) in [6, 6.07) is 13.1. The average Bonchev–Trinajstić information content (AvgIpc) is 2.65. The fourth-order valence-electron chi connectivity index (χ4n) is 2.27. The molecule has 0 aliphatic rings. The Kier molecular flexibility index (Phi) is 7.02. The first kappa shape index (κ1) is 19.3. The number of methoxy groups -OCH3 is 2. The summed E-state index contributed by atoms with van der Waals surface area (Å²) < 4.78 is 10.4. The van der Waals surface area contributed by atoms with Crippen molar-refractivity contribution in [1.82, 2.24) is 0 Å². The molecule has 0 heterocycles. The summed E-state index contributed by atoms with van der Waals surface area (Å²) in [7, 11) is 3.09. The molecule has 1 N–H and O–H groups in total. The van der Waals surface area contributed by atoms with Gasteiger partial charge in [0, 0.05) is 11.8 Å². The van der Waals surface area contributed by atoms with E-state index < -0.39 is 0 Å². The molecule has 0 radical (unpaired) electrons. The van der Waals surface area contributed by atoms with Gasteiger partial charge in [0.25, 0.3) is 5.91 Å². The van der Waals surface area contributed by atoms with Crippen molar-refractivity contribution >= 4 is 17.8 Å². The van der Waals surface area contributed by atoms with Crippen LogP contribution in [-0.4, -0.2) is 32.9 Å². The first-order valence-electron chi connectivity index (χ1n) is 8.30.